The number of anilines is 1. The standard InChI is InChI=1S/C30H28F3N5O.C9H6Cl2N2/c1-21-7-8-23(17-22(21)11-12-38-20-34-27-5-3-4-6-28(27)38)29(39)35-25-10-9-24(26(18-25)30(31,32)33)19-37-15-13-36(2)14-16-37;10-5-9(11)13-6-12-7-3-1-2-4-8(7)13/h3-10,17-18,20H,13-16,19H2,1-2H3,(H,35,39);1-6H/b;9-5+. The molecule has 13 heteroatoms. The highest BCUT2D eigenvalue weighted by atomic mass is 35.5. The molecule has 0 unspecified atom stereocenters. The molecule has 1 aliphatic heterocycles. The van der Waals surface area contributed by atoms with Crippen LogP contribution in [0.1, 0.15) is 32.6 Å². The number of imidazole rings is 2. The SMILES string of the molecule is Cc1ccc(C(=O)Nc2ccc(CN3CCN(C)CC3)c(C(F)(F)F)c2)cc1C#Cn1cnc2ccccc21.Cl/C=C(\Cl)n1cnc2ccccc21. The van der Waals surface area contributed by atoms with Gasteiger partial charge < -0.3 is 10.2 Å². The minimum atomic E-state index is -4.53. The first-order valence-electron chi connectivity index (χ1n) is 16.4. The van der Waals surface area contributed by atoms with E-state index in [0.717, 1.165) is 46.8 Å². The number of piperazine rings is 1. The molecule has 0 spiro atoms. The molecule has 266 valence electrons. The van der Waals surface area contributed by atoms with Crippen LogP contribution < -0.4 is 5.32 Å². The predicted octanol–water partition coefficient (Wildman–Crippen LogP) is 8.49. The van der Waals surface area contributed by atoms with Gasteiger partial charge in [-0.2, -0.15) is 13.2 Å². The lowest BCUT2D eigenvalue weighted by atomic mass is 10.0. The Hall–Kier alpha value is -5.12. The Morgan fingerprint density at radius 3 is 2.29 bits per heavy atom. The number of benzene rings is 4. The normalized spacial score (nSPS) is 14.1. The molecular formula is C39H34Cl2F3N7O. The van der Waals surface area contributed by atoms with Crippen LogP contribution in [0.15, 0.2) is 103 Å². The monoisotopic (exact) mass is 743 g/mol. The number of nitrogens with one attached hydrogen (secondary N) is 1. The fourth-order valence-electron chi connectivity index (χ4n) is 5.75. The first kappa shape index (κ1) is 36.7. The molecule has 7 rings (SSSR count). The van der Waals surface area contributed by atoms with Crippen LogP contribution >= 0.6 is 23.2 Å². The molecule has 0 radical (unpaired) electrons. The molecular weight excluding hydrogens is 710 g/mol. The number of carbonyl (C=O) groups excluding carboxylic acids is 1. The van der Waals surface area contributed by atoms with Crippen molar-refractivity contribution in [3.05, 3.63) is 131 Å². The number of fused-ring (bicyclic) bond motifs is 2. The first-order valence-corrected chi connectivity index (χ1v) is 17.2. The fourth-order valence-corrected chi connectivity index (χ4v) is 5.99. The average Bonchev–Trinajstić information content (AvgIpc) is 3.77. The van der Waals surface area contributed by atoms with Crippen molar-refractivity contribution in [2.75, 3.05) is 38.5 Å². The van der Waals surface area contributed by atoms with Gasteiger partial charge in [0.1, 0.15) is 17.8 Å². The summed E-state index contributed by atoms with van der Waals surface area (Å²) in [5, 5.41) is 3.07. The molecule has 1 saturated heterocycles. The molecule has 1 N–H and O–H groups in total. The second-order valence-corrected chi connectivity index (χ2v) is 12.9. The van der Waals surface area contributed by atoms with Gasteiger partial charge in [0.2, 0.25) is 0 Å². The highest BCUT2D eigenvalue weighted by Crippen LogP contribution is 2.35. The molecule has 2 aromatic heterocycles. The van der Waals surface area contributed by atoms with Crippen molar-refractivity contribution in [2.24, 2.45) is 0 Å². The van der Waals surface area contributed by atoms with Gasteiger partial charge in [-0.3, -0.25) is 18.8 Å². The van der Waals surface area contributed by atoms with Gasteiger partial charge in [0, 0.05) is 61.1 Å². The van der Waals surface area contributed by atoms with Gasteiger partial charge in [-0.25, -0.2) is 9.97 Å². The van der Waals surface area contributed by atoms with E-state index in [-0.39, 0.29) is 17.8 Å². The van der Waals surface area contributed by atoms with Gasteiger partial charge in [0.15, 0.2) is 0 Å². The molecule has 0 aliphatic carbocycles. The van der Waals surface area contributed by atoms with Crippen LogP contribution in [-0.4, -0.2) is 68.0 Å². The highest BCUT2D eigenvalue weighted by Gasteiger charge is 2.34. The van der Waals surface area contributed by atoms with Gasteiger partial charge in [0.25, 0.3) is 5.91 Å². The number of carbonyl (C=O) groups is 1. The fraction of sp³-hybridized carbons (Fsp3) is 0.205. The van der Waals surface area contributed by atoms with Crippen LogP contribution in [0.5, 0.6) is 0 Å². The summed E-state index contributed by atoms with van der Waals surface area (Å²) >= 11 is 11.4. The maximum absolute atomic E-state index is 13.9. The number of amides is 1. The van der Waals surface area contributed by atoms with Crippen LogP contribution in [0.4, 0.5) is 18.9 Å². The van der Waals surface area contributed by atoms with E-state index in [2.05, 4.69) is 32.1 Å². The predicted molar refractivity (Wildman–Crippen MR) is 201 cm³/mol. The lowest BCUT2D eigenvalue weighted by molar-refractivity contribution is -0.138. The lowest BCUT2D eigenvalue weighted by Crippen LogP contribution is -2.44. The number of rotatable bonds is 5. The molecule has 6 aromatic rings. The van der Waals surface area contributed by atoms with E-state index < -0.39 is 17.6 Å². The van der Waals surface area contributed by atoms with Gasteiger partial charge in [-0.15, -0.1) is 0 Å². The Bertz CT molecular complexity index is 2310. The summed E-state index contributed by atoms with van der Waals surface area (Å²) in [5.74, 6) is 2.57. The summed E-state index contributed by atoms with van der Waals surface area (Å²) < 4.78 is 45.3. The summed E-state index contributed by atoms with van der Waals surface area (Å²) in [6, 6.07) is 27.4. The molecule has 8 nitrogen and oxygen atoms in total. The van der Waals surface area contributed by atoms with Gasteiger partial charge >= 0.3 is 6.18 Å². The number of nitrogens with zero attached hydrogens (tertiary/aromatic N) is 6. The summed E-state index contributed by atoms with van der Waals surface area (Å²) in [5.41, 5.74) is 6.22. The van der Waals surface area contributed by atoms with E-state index in [1.165, 1.54) is 17.7 Å². The van der Waals surface area contributed by atoms with E-state index in [0.29, 0.717) is 29.4 Å². The zero-order valence-corrected chi connectivity index (χ0v) is 29.8. The smallest absolute Gasteiger partial charge is 0.322 e. The van der Waals surface area contributed by atoms with Crippen molar-refractivity contribution in [3.63, 3.8) is 0 Å². The van der Waals surface area contributed by atoms with Crippen LogP contribution in [0.3, 0.4) is 0 Å². The van der Waals surface area contributed by atoms with Crippen molar-refractivity contribution < 1.29 is 18.0 Å². The highest BCUT2D eigenvalue weighted by molar-refractivity contribution is 6.50. The van der Waals surface area contributed by atoms with Gasteiger partial charge in [-0.05, 0) is 79.5 Å². The first-order chi connectivity index (χ1) is 25.0. The molecule has 0 bridgehead atoms. The van der Waals surface area contributed by atoms with Crippen LogP contribution in [-0.2, 0) is 12.7 Å². The summed E-state index contributed by atoms with van der Waals surface area (Å²) in [7, 11) is 2.00. The average molecular weight is 745 g/mol. The number of para-hydroxylation sites is 4. The van der Waals surface area contributed by atoms with Crippen molar-refractivity contribution in [1.82, 2.24) is 28.9 Å². The molecule has 3 heterocycles. The molecule has 1 fully saturated rings. The Morgan fingerprint density at radius 1 is 0.904 bits per heavy atom. The Balaban J connectivity index is 0.000000299. The van der Waals surface area contributed by atoms with E-state index in [9.17, 15) is 18.0 Å². The van der Waals surface area contributed by atoms with E-state index in [1.54, 1.807) is 40.0 Å². The number of alkyl halides is 3. The van der Waals surface area contributed by atoms with Crippen molar-refractivity contribution >= 4 is 62.0 Å². The second kappa shape index (κ2) is 16.0. The molecule has 0 saturated carbocycles. The van der Waals surface area contributed by atoms with Crippen LogP contribution in [0, 0.1) is 18.9 Å². The van der Waals surface area contributed by atoms with Crippen LogP contribution in [0.25, 0.3) is 27.2 Å². The van der Waals surface area contributed by atoms with E-state index in [4.69, 9.17) is 23.2 Å². The number of halogens is 5. The maximum Gasteiger partial charge on any atom is 0.416 e. The number of aromatic nitrogens is 4. The molecule has 4 aromatic carbocycles. The van der Waals surface area contributed by atoms with E-state index in [1.807, 2.05) is 67.4 Å². The van der Waals surface area contributed by atoms with Crippen LogP contribution in [0.2, 0.25) is 0 Å². The third-order valence-electron chi connectivity index (χ3n) is 8.70. The zero-order valence-electron chi connectivity index (χ0n) is 28.3. The topological polar surface area (TPSA) is 71.2 Å². The van der Waals surface area contributed by atoms with Crippen molar-refractivity contribution in [3.8, 4) is 12.0 Å². The van der Waals surface area contributed by atoms with Gasteiger partial charge in [-0.1, -0.05) is 59.6 Å². The second-order valence-electron chi connectivity index (χ2n) is 12.3. The van der Waals surface area contributed by atoms with Gasteiger partial charge in [0.05, 0.1) is 27.6 Å². The zero-order chi connectivity index (χ0) is 36.8. The van der Waals surface area contributed by atoms with Crippen molar-refractivity contribution in [2.45, 2.75) is 19.6 Å². The third-order valence-corrected chi connectivity index (χ3v) is 9.31. The third kappa shape index (κ3) is 8.66. The Kier molecular flexibility index (Phi) is 11.3. The minimum Gasteiger partial charge on any atom is -0.322 e. The van der Waals surface area contributed by atoms with E-state index >= 15 is 0 Å². The number of hydrogen-bond acceptors (Lipinski definition) is 5. The molecule has 1 aliphatic rings. The Labute approximate surface area is 309 Å². The Morgan fingerprint density at radius 2 is 1.58 bits per heavy atom. The summed E-state index contributed by atoms with van der Waals surface area (Å²) in [6.45, 7) is 5.15. The minimum absolute atomic E-state index is 0.0903. The largest absolute Gasteiger partial charge is 0.416 e. The molecule has 0 atom stereocenters. The molecule has 52 heavy (non-hydrogen) atoms. The number of likely N-dealkylation sites (N-methyl/N-ethyl adjacent to an activating group) is 1. The number of hydrogen-bond donors (Lipinski definition) is 1. The summed E-state index contributed by atoms with van der Waals surface area (Å²) in [6.07, 6.45) is -1.26. The maximum atomic E-state index is 13.9. The summed E-state index contributed by atoms with van der Waals surface area (Å²) in [4.78, 5) is 25.7. The number of aryl methyl sites for hydroxylation is 1. The molecule has 1 amide bonds. The lowest BCUT2D eigenvalue weighted by Gasteiger charge is -2.33. The van der Waals surface area contributed by atoms with Crippen molar-refractivity contribution in [1.29, 1.82) is 0 Å². The quantitative estimate of drug-likeness (QED) is 0.180.